The molecule has 6 nitrogen and oxygen atoms in total. The predicted octanol–water partition coefficient (Wildman–Crippen LogP) is 5.65. The van der Waals surface area contributed by atoms with Gasteiger partial charge in [0.15, 0.2) is 17.3 Å². The van der Waals surface area contributed by atoms with E-state index < -0.39 is 5.60 Å². The average Bonchev–Trinajstić information content (AvgIpc) is 2.88. The molecule has 2 heterocycles. The van der Waals surface area contributed by atoms with Crippen LogP contribution in [0.1, 0.15) is 18.4 Å². The normalized spacial score (nSPS) is 15.3. The fourth-order valence-electron chi connectivity index (χ4n) is 4.70. The summed E-state index contributed by atoms with van der Waals surface area (Å²) in [6, 6.07) is 22.0. The number of rotatable bonds is 6. The molecule has 0 atom stereocenters. The van der Waals surface area contributed by atoms with Gasteiger partial charge in [-0.25, -0.2) is 9.97 Å². The molecule has 1 fully saturated rings. The number of methoxy groups -OCH3 is 2. The highest BCUT2D eigenvalue weighted by atomic mass is 79.9. The van der Waals surface area contributed by atoms with Crippen molar-refractivity contribution >= 4 is 32.7 Å². The molecule has 1 aliphatic rings. The van der Waals surface area contributed by atoms with E-state index in [-0.39, 0.29) is 0 Å². The number of fused-ring (bicyclic) bond motifs is 1. The van der Waals surface area contributed by atoms with E-state index in [4.69, 9.17) is 19.4 Å². The van der Waals surface area contributed by atoms with E-state index >= 15 is 0 Å². The number of hydrogen-bond acceptors (Lipinski definition) is 6. The van der Waals surface area contributed by atoms with Crippen LogP contribution >= 0.6 is 15.9 Å². The van der Waals surface area contributed by atoms with Crippen LogP contribution < -0.4 is 14.4 Å². The summed E-state index contributed by atoms with van der Waals surface area (Å²) in [6.45, 7) is 1.40. The van der Waals surface area contributed by atoms with Gasteiger partial charge in [-0.15, -0.1) is 0 Å². The Labute approximate surface area is 213 Å². The summed E-state index contributed by atoms with van der Waals surface area (Å²) in [7, 11) is 3.25. The fourth-order valence-corrected chi connectivity index (χ4v) is 4.96. The van der Waals surface area contributed by atoms with E-state index in [2.05, 4.69) is 33.0 Å². The number of anilines is 1. The fraction of sp³-hybridized carbons (Fsp3) is 0.286. The molecule has 180 valence electrons. The van der Waals surface area contributed by atoms with Gasteiger partial charge in [-0.2, -0.15) is 0 Å². The largest absolute Gasteiger partial charge is 0.493 e. The molecule has 5 rings (SSSR count). The quantitative estimate of drug-likeness (QED) is 0.345. The van der Waals surface area contributed by atoms with Gasteiger partial charge < -0.3 is 19.5 Å². The van der Waals surface area contributed by atoms with Gasteiger partial charge in [-0.05, 0) is 36.6 Å². The summed E-state index contributed by atoms with van der Waals surface area (Å²) in [5, 5.41) is 12.2. The topological polar surface area (TPSA) is 67.7 Å². The van der Waals surface area contributed by atoms with E-state index in [1.54, 1.807) is 14.2 Å². The van der Waals surface area contributed by atoms with Crippen LogP contribution in [-0.2, 0) is 6.42 Å². The highest BCUT2D eigenvalue weighted by Crippen LogP contribution is 2.38. The van der Waals surface area contributed by atoms with E-state index in [0.717, 1.165) is 32.3 Å². The number of halogens is 1. The summed E-state index contributed by atoms with van der Waals surface area (Å²) >= 11 is 3.50. The minimum atomic E-state index is -0.726. The minimum absolute atomic E-state index is 0.627. The van der Waals surface area contributed by atoms with Crippen LogP contribution in [0.3, 0.4) is 0 Å². The lowest BCUT2D eigenvalue weighted by Crippen LogP contribution is -2.46. The van der Waals surface area contributed by atoms with Crippen molar-refractivity contribution in [2.75, 3.05) is 32.2 Å². The summed E-state index contributed by atoms with van der Waals surface area (Å²) in [4.78, 5) is 12.1. The van der Waals surface area contributed by atoms with Crippen molar-refractivity contribution in [1.29, 1.82) is 0 Å². The first kappa shape index (κ1) is 23.6. The van der Waals surface area contributed by atoms with Gasteiger partial charge in [0.25, 0.3) is 0 Å². The Morgan fingerprint density at radius 1 is 0.914 bits per heavy atom. The van der Waals surface area contributed by atoms with Gasteiger partial charge in [-0.3, -0.25) is 0 Å². The molecule has 0 spiro atoms. The van der Waals surface area contributed by atoms with Crippen molar-refractivity contribution in [2.24, 2.45) is 0 Å². The van der Waals surface area contributed by atoms with Crippen LogP contribution in [-0.4, -0.2) is 48.0 Å². The number of piperidine rings is 1. The van der Waals surface area contributed by atoms with Crippen molar-refractivity contribution in [3.8, 4) is 22.9 Å². The molecular formula is C28H28BrN3O3. The molecule has 3 aromatic carbocycles. The average molecular weight is 534 g/mol. The lowest BCUT2D eigenvalue weighted by atomic mass is 9.85. The summed E-state index contributed by atoms with van der Waals surface area (Å²) in [6.07, 6.45) is 1.98. The Kier molecular flexibility index (Phi) is 6.62. The zero-order valence-corrected chi connectivity index (χ0v) is 21.5. The Morgan fingerprint density at radius 3 is 2.23 bits per heavy atom. The van der Waals surface area contributed by atoms with Crippen LogP contribution in [0.2, 0.25) is 0 Å². The van der Waals surface area contributed by atoms with Crippen LogP contribution in [0.4, 0.5) is 5.82 Å². The number of aromatic nitrogens is 2. The smallest absolute Gasteiger partial charge is 0.162 e. The maximum absolute atomic E-state index is 11.3. The molecule has 0 radical (unpaired) electrons. The molecule has 7 heteroatoms. The second-order valence-corrected chi connectivity index (χ2v) is 9.89. The number of ether oxygens (including phenoxy) is 2. The van der Waals surface area contributed by atoms with Crippen molar-refractivity contribution in [1.82, 2.24) is 9.97 Å². The van der Waals surface area contributed by atoms with Crippen LogP contribution in [0, 0.1) is 0 Å². The third-order valence-corrected chi connectivity index (χ3v) is 7.18. The molecule has 0 unspecified atom stereocenters. The summed E-state index contributed by atoms with van der Waals surface area (Å²) in [5.74, 6) is 2.76. The molecule has 1 saturated heterocycles. The minimum Gasteiger partial charge on any atom is -0.493 e. The number of nitrogens with zero attached hydrogens (tertiary/aromatic N) is 3. The molecule has 0 amide bonds. The van der Waals surface area contributed by atoms with Crippen LogP contribution in [0.5, 0.6) is 11.5 Å². The van der Waals surface area contributed by atoms with Gasteiger partial charge >= 0.3 is 0 Å². The Morgan fingerprint density at radius 2 is 1.57 bits per heavy atom. The standard InChI is InChI=1S/C28H28BrN3O3/c1-34-24-16-22-23(17-25(24)35-2)30-26(20-8-10-21(29)11-9-20)31-27(22)32-14-12-28(33,13-15-32)18-19-6-4-3-5-7-19/h3-11,16-17,33H,12-15,18H2,1-2H3. The molecule has 0 saturated carbocycles. The molecular weight excluding hydrogens is 506 g/mol. The monoisotopic (exact) mass is 533 g/mol. The predicted molar refractivity (Wildman–Crippen MR) is 142 cm³/mol. The highest BCUT2D eigenvalue weighted by molar-refractivity contribution is 9.10. The summed E-state index contributed by atoms with van der Waals surface area (Å²) in [5.41, 5.74) is 2.15. The lowest BCUT2D eigenvalue weighted by Gasteiger charge is -2.39. The highest BCUT2D eigenvalue weighted by Gasteiger charge is 2.33. The van der Waals surface area contributed by atoms with Gasteiger partial charge in [0.05, 0.1) is 25.3 Å². The van der Waals surface area contributed by atoms with Gasteiger partial charge in [0, 0.05) is 41.0 Å². The number of hydrogen-bond donors (Lipinski definition) is 1. The Balaban J connectivity index is 1.52. The second-order valence-electron chi connectivity index (χ2n) is 8.98. The molecule has 0 aliphatic carbocycles. The van der Waals surface area contributed by atoms with Crippen molar-refractivity contribution < 1.29 is 14.6 Å². The van der Waals surface area contributed by atoms with Crippen molar-refractivity contribution in [2.45, 2.75) is 24.9 Å². The second kappa shape index (κ2) is 9.84. The molecule has 4 aromatic rings. The zero-order valence-electron chi connectivity index (χ0n) is 19.9. The van der Waals surface area contributed by atoms with E-state index in [0.29, 0.717) is 49.7 Å². The van der Waals surface area contributed by atoms with E-state index in [1.807, 2.05) is 54.6 Å². The first-order chi connectivity index (χ1) is 17.0. The molecule has 1 aromatic heterocycles. The number of aliphatic hydroxyl groups is 1. The maximum atomic E-state index is 11.3. The first-order valence-electron chi connectivity index (χ1n) is 11.7. The third kappa shape index (κ3) is 4.97. The number of benzene rings is 3. The SMILES string of the molecule is COc1cc2nc(-c3ccc(Br)cc3)nc(N3CCC(O)(Cc4ccccc4)CC3)c2cc1OC. The van der Waals surface area contributed by atoms with Crippen LogP contribution in [0.25, 0.3) is 22.3 Å². The maximum Gasteiger partial charge on any atom is 0.162 e. The molecule has 35 heavy (non-hydrogen) atoms. The Bertz CT molecular complexity index is 1320. The molecule has 1 aliphatic heterocycles. The third-order valence-electron chi connectivity index (χ3n) is 6.65. The van der Waals surface area contributed by atoms with Gasteiger partial charge in [-0.1, -0.05) is 58.4 Å². The Hall–Kier alpha value is -3.16. The van der Waals surface area contributed by atoms with E-state index in [1.165, 1.54) is 0 Å². The molecule has 0 bridgehead atoms. The van der Waals surface area contributed by atoms with Crippen LogP contribution in [0.15, 0.2) is 71.2 Å². The first-order valence-corrected chi connectivity index (χ1v) is 12.5. The van der Waals surface area contributed by atoms with Gasteiger partial charge in [0.1, 0.15) is 5.82 Å². The molecule has 1 N–H and O–H groups in total. The van der Waals surface area contributed by atoms with Gasteiger partial charge in [0.2, 0.25) is 0 Å². The van der Waals surface area contributed by atoms with Crippen molar-refractivity contribution in [3.63, 3.8) is 0 Å². The zero-order chi connectivity index (χ0) is 24.4. The summed E-state index contributed by atoms with van der Waals surface area (Å²) < 4.78 is 12.1. The van der Waals surface area contributed by atoms with Crippen molar-refractivity contribution in [3.05, 3.63) is 76.8 Å². The van der Waals surface area contributed by atoms with E-state index in [9.17, 15) is 5.11 Å². The lowest BCUT2D eigenvalue weighted by molar-refractivity contribution is 0.0165.